The van der Waals surface area contributed by atoms with E-state index in [0.717, 1.165) is 12.8 Å². The topological polar surface area (TPSA) is 132 Å². The first-order valence-corrected chi connectivity index (χ1v) is 11.3. The minimum Gasteiger partial charge on any atom is -0.360 e. The van der Waals surface area contributed by atoms with E-state index in [1.165, 1.54) is 0 Å². The predicted octanol–water partition coefficient (Wildman–Crippen LogP) is 1.73. The summed E-state index contributed by atoms with van der Waals surface area (Å²) in [7, 11) is -3.67. The Morgan fingerprint density at radius 2 is 1.97 bits per heavy atom. The van der Waals surface area contributed by atoms with Crippen molar-refractivity contribution in [3.05, 3.63) is 23.3 Å². The molecule has 11 heteroatoms. The van der Waals surface area contributed by atoms with E-state index in [9.17, 15) is 13.2 Å². The van der Waals surface area contributed by atoms with Crippen LogP contribution in [0, 0.1) is 19.8 Å². The molecule has 0 atom stereocenters. The summed E-state index contributed by atoms with van der Waals surface area (Å²) in [6, 6.07) is -0.0729. The molecule has 1 aliphatic carbocycles. The summed E-state index contributed by atoms with van der Waals surface area (Å²) in [5.41, 5.74) is 0.654. The van der Waals surface area contributed by atoms with E-state index in [1.54, 1.807) is 24.7 Å². The van der Waals surface area contributed by atoms with E-state index in [-0.39, 0.29) is 28.6 Å². The van der Waals surface area contributed by atoms with Crippen LogP contribution in [0.5, 0.6) is 0 Å². The molecule has 0 bridgehead atoms. The quantitative estimate of drug-likeness (QED) is 0.692. The van der Waals surface area contributed by atoms with Gasteiger partial charge in [0.05, 0.1) is 12.2 Å². The maximum atomic E-state index is 12.7. The molecule has 2 heterocycles. The van der Waals surface area contributed by atoms with Gasteiger partial charge >= 0.3 is 0 Å². The van der Waals surface area contributed by atoms with Crippen LogP contribution in [-0.2, 0) is 10.0 Å². The number of amides is 1. The minimum atomic E-state index is -3.67. The molecule has 0 aliphatic heterocycles. The molecule has 10 nitrogen and oxygen atoms in total. The Bertz CT molecular complexity index is 937. The summed E-state index contributed by atoms with van der Waals surface area (Å²) in [6.45, 7) is 7.83. The molecule has 0 aromatic carbocycles. The zero-order valence-corrected chi connectivity index (χ0v) is 18.0. The summed E-state index contributed by atoms with van der Waals surface area (Å²) < 4.78 is 34.8. The van der Waals surface area contributed by atoms with Gasteiger partial charge in [0, 0.05) is 12.6 Å². The van der Waals surface area contributed by atoms with Crippen LogP contribution in [-0.4, -0.2) is 47.1 Å². The molecule has 0 spiro atoms. The predicted molar refractivity (Wildman–Crippen MR) is 105 cm³/mol. The SMILES string of the molecule is Cc1noc(C)c1S(=O)(=O)NC1CCC(n2cc(C(=O)NCC(C)C)nn2)CC1. The van der Waals surface area contributed by atoms with Gasteiger partial charge in [-0.2, -0.15) is 0 Å². The van der Waals surface area contributed by atoms with E-state index in [1.807, 2.05) is 13.8 Å². The van der Waals surface area contributed by atoms with Gasteiger partial charge < -0.3 is 9.84 Å². The van der Waals surface area contributed by atoms with Crippen molar-refractivity contribution in [2.45, 2.75) is 70.4 Å². The van der Waals surface area contributed by atoms with Crippen molar-refractivity contribution in [3.8, 4) is 0 Å². The van der Waals surface area contributed by atoms with Crippen LogP contribution >= 0.6 is 0 Å². The van der Waals surface area contributed by atoms with Crippen LogP contribution in [0.25, 0.3) is 0 Å². The minimum absolute atomic E-state index is 0.0916. The number of carbonyl (C=O) groups excluding carboxylic acids is 1. The third-order valence-electron chi connectivity index (χ3n) is 5.04. The number of rotatable bonds is 7. The second kappa shape index (κ2) is 8.62. The van der Waals surface area contributed by atoms with Crippen LogP contribution in [0.4, 0.5) is 0 Å². The molecule has 2 aromatic heterocycles. The van der Waals surface area contributed by atoms with E-state index in [2.05, 4.69) is 25.5 Å². The van der Waals surface area contributed by atoms with E-state index in [4.69, 9.17) is 4.52 Å². The molecule has 1 aliphatic rings. The van der Waals surface area contributed by atoms with Crippen LogP contribution in [0.3, 0.4) is 0 Å². The number of carbonyl (C=O) groups is 1. The Morgan fingerprint density at radius 3 is 2.55 bits per heavy atom. The summed E-state index contributed by atoms with van der Waals surface area (Å²) in [5.74, 6) is 0.416. The summed E-state index contributed by atoms with van der Waals surface area (Å²) in [6.07, 6.45) is 4.48. The van der Waals surface area contributed by atoms with Crippen molar-refractivity contribution in [2.24, 2.45) is 5.92 Å². The zero-order valence-electron chi connectivity index (χ0n) is 17.2. The lowest BCUT2D eigenvalue weighted by Crippen LogP contribution is -2.38. The first kappa shape index (κ1) is 21.4. The summed E-state index contributed by atoms with van der Waals surface area (Å²) >= 11 is 0. The zero-order chi connectivity index (χ0) is 21.2. The fourth-order valence-corrected chi connectivity index (χ4v) is 5.18. The van der Waals surface area contributed by atoms with Crippen molar-refractivity contribution in [3.63, 3.8) is 0 Å². The monoisotopic (exact) mass is 424 g/mol. The highest BCUT2D eigenvalue weighted by Gasteiger charge is 2.30. The Balaban J connectivity index is 1.56. The fourth-order valence-electron chi connectivity index (χ4n) is 3.54. The van der Waals surface area contributed by atoms with Crippen LogP contribution < -0.4 is 10.0 Å². The van der Waals surface area contributed by atoms with Crippen molar-refractivity contribution in [1.29, 1.82) is 0 Å². The lowest BCUT2D eigenvalue weighted by molar-refractivity contribution is 0.0944. The maximum absolute atomic E-state index is 12.7. The lowest BCUT2D eigenvalue weighted by Gasteiger charge is -2.28. The molecule has 0 unspecified atom stereocenters. The van der Waals surface area contributed by atoms with Crippen molar-refractivity contribution >= 4 is 15.9 Å². The van der Waals surface area contributed by atoms with E-state index >= 15 is 0 Å². The van der Waals surface area contributed by atoms with Crippen molar-refractivity contribution < 1.29 is 17.7 Å². The fraction of sp³-hybridized carbons (Fsp3) is 0.667. The van der Waals surface area contributed by atoms with Crippen molar-refractivity contribution in [1.82, 2.24) is 30.2 Å². The average molecular weight is 425 g/mol. The highest BCUT2D eigenvalue weighted by atomic mass is 32.2. The van der Waals surface area contributed by atoms with E-state index in [0.29, 0.717) is 36.7 Å². The standard InChI is InChI=1S/C18H28N6O4S/c1-11(2)9-19-18(25)16-10-24(23-20-16)15-7-5-14(6-8-15)22-29(26,27)17-12(3)21-28-13(17)4/h10-11,14-15,22H,5-9H2,1-4H3,(H,19,25). The average Bonchev–Trinajstić information content (AvgIpc) is 3.27. The van der Waals surface area contributed by atoms with Gasteiger partial charge in [0.2, 0.25) is 10.0 Å². The van der Waals surface area contributed by atoms with Crippen molar-refractivity contribution in [2.75, 3.05) is 6.54 Å². The third-order valence-corrected chi connectivity index (χ3v) is 6.81. The molecule has 2 N–H and O–H groups in total. The molecule has 0 radical (unpaired) electrons. The highest BCUT2D eigenvalue weighted by Crippen LogP contribution is 2.29. The number of aryl methyl sites for hydroxylation is 2. The van der Waals surface area contributed by atoms with Gasteiger partial charge in [-0.05, 0) is 45.4 Å². The van der Waals surface area contributed by atoms with E-state index < -0.39 is 10.0 Å². The lowest BCUT2D eigenvalue weighted by atomic mass is 9.92. The van der Waals surface area contributed by atoms with Gasteiger partial charge in [0.1, 0.15) is 10.6 Å². The number of nitrogens with zero attached hydrogens (tertiary/aromatic N) is 4. The van der Waals surface area contributed by atoms with Gasteiger partial charge in [-0.15, -0.1) is 5.10 Å². The smallest absolute Gasteiger partial charge is 0.273 e. The number of hydrogen-bond acceptors (Lipinski definition) is 7. The van der Waals surface area contributed by atoms with Gasteiger partial charge in [-0.25, -0.2) is 17.8 Å². The summed E-state index contributed by atoms with van der Waals surface area (Å²) in [5, 5.41) is 14.6. The molecule has 0 saturated heterocycles. The Morgan fingerprint density at radius 1 is 1.28 bits per heavy atom. The molecule has 160 valence electrons. The third kappa shape index (κ3) is 5.02. The van der Waals surface area contributed by atoms with Gasteiger partial charge in [0.25, 0.3) is 5.91 Å². The van der Waals surface area contributed by atoms with Gasteiger partial charge in [-0.3, -0.25) is 4.79 Å². The first-order chi connectivity index (χ1) is 13.7. The molecule has 3 rings (SSSR count). The molecule has 1 saturated carbocycles. The molecular formula is C18H28N6O4S. The summed E-state index contributed by atoms with van der Waals surface area (Å²) in [4.78, 5) is 12.2. The van der Waals surface area contributed by atoms with Crippen LogP contribution in [0.2, 0.25) is 0 Å². The number of aromatic nitrogens is 4. The Kier molecular flexibility index (Phi) is 6.37. The second-order valence-corrected chi connectivity index (χ2v) is 9.62. The molecule has 1 amide bonds. The number of nitrogens with one attached hydrogen (secondary N) is 2. The first-order valence-electron chi connectivity index (χ1n) is 9.82. The molecule has 1 fully saturated rings. The van der Waals surface area contributed by atoms with Crippen LogP contribution in [0.1, 0.15) is 67.5 Å². The maximum Gasteiger partial charge on any atom is 0.273 e. The normalized spacial score (nSPS) is 20.2. The molecule has 2 aromatic rings. The number of sulfonamides is 1. The highest BCUT2D eigenvalue weighted by molar-refractivity contribution is 7.89. The molecular weight excluding hydrogens is 396 g/mol. The largest absolute Gasteiger partial charge is 0.360 e. The Hall–Kier alpha value is -2.27. The van der Waals surface area contributed by atoms with Gasteiger partial charge in [0.15, 0.2) is 11.5 Å². The Labute approximate surface area is 170 Å². The van der Waals surface area contributed by atoms with Crippen LogP contribution in [0.15, 0.2) is 15.6 Å². The second-order valence-electron chi connectivity index (χ2n) is 7.97. The number of hydrogen-bond donors (Lipinski definition) is 2. The van der Waals surface area contributed by atoms with Gasteiger partial charge in [-0.1, -0.05) is 24.2 Å². The molecule has 29 heavy (non-hydrogen) atoms.